The Kier molecular flexibility index (Phi) is 2.37. The van der Waals surface area contributed by atoms with Crippen molar-refractivity contribution in [1.82, 2.24) is 5.32 Å². The number of thiophene rings is 1. The van der Waals surface area contributed by atoms with E-state index in [1.165, 1.54) is 5.56 Å². The monoisotopic (exact) mass is 199 g/mol. The molecule has 1 unspecified atom stereocenters. The first kappa shape index (κ1) is 8.13. The molecule has 1 saturated heterocycles. The largest absolute Gasteiger partial charge is 0.344 e. The van der Waals surface area contributed by atoms with Gasteiger partial charge in [0.25, 0.3) is 0 Å². The molecular weight excluding hydrogens is 190 g/mol. The zero-order valence-electron chi connectivity index (χ0n) is 6.45. The van der Waals surface area contributed by atoms with Crippen molar-refractivity contribution in [2.45, 2.75) is 17.5 Å². The predicted octanol–water partition coefficient (Wildman–Crippen LogP) is 1.83. The molecule has 1 N–H and O–H groups in total. The second-order valence-corrected chi connectivity index (χ2v) is 4.67. The van der Waals surface area contributed by atoms with E-state index in [1.807, 2.05) is 0 Å². The number of nitrogens with one attached hydrogen (secondary N) is 1. The molecule has 0 bridgehead atoms. The average Bonchev–Trinajstić information content (AvgIpc) is 2.47. The Balaban J connectivity index is 1.73. The third-order valence-corrected chi connectivity index (χ3v) is 3.64. The van der Waals surface area contributed by atoms with Crippen LogP contribution in [0.4, 0.5) is 0 Å². The topological polar surface area (TPSA) is 29.1 Å². The van der Waals surface area contributed by atoms with Gasteiger partial charge in [-0.05, 0) is 22.4 Å². The predicted molar refractivity (Wildman–Crippen MR) is 52.2 cm³/mol. The summed E-state index contributed by atoms with van der Waals surface area (Å²) in [6.07, 6.45) is 0.689. The highest BCUT2D eigenvalue weighted by Crippen LogP contribution is 2.23. The lowest BCUT2D eigenvalue weighted by molar-refractivity contribution is -0.126. The number of carbonyl (C=O) groups is 1. The van der Waals surface area contributed by atoms with Gasteiger partial charge in [0.2, 0.25) is 5.91 Å². The molecule has 1 aromatic heterocycles. The average molecular weight is 199 g/mol. The smallest absolute Gasteiger partial charge is 0.223 e. The number of hydrogen-bond donors (Lipinski definition) is 1. The Morgan fingerprint density at radius 1 is 1.75 bits per heavy atom. The first-order chi connectivity index (χ1) is 5.84. The van der Waals surface area contributed by atoms with Crippen molar-refractivity contribution in [3.05, 3.63) is 22.4 Å². The number of thioether (sulfide) groups is 1. The molecule has 1 fully saturated rings. The summed E-state index contributed by atoms with van der Waals surface area (Å²) in [5.74, 6) is 1.19. The summed E-state index contributed by atoms with van der Waals surface area (Å²) < 4.78 is 0. The van der Waals surface area contributed by atoms with Crippen molar-refractivity contribution in [2.75, 3.05) is 0 Å². The lowest BCUT2D eigenvalue weighted by atomic mass is 10.3. The van der Waals surface area contributed by atoms with Gasteiger partial charge >= 0.3 is 0 Å². The lowest BCUT2D eigenvalue weighted by Crippen LogP contribution is -2.46. The Morgan fingerprint density at radius 2 is 2.58 bits per heavy atom. The van der Waals surface area contributed by atoms with Crippen LogP contribution in [0.25, 0.3) is 0 Å². The highest BCUT2D eigenvalue weighted by molar-refractivity contribution is 7.99. The van der Waals surface area contributed by atoms with E-state index >= 15 is 0 Å². The number of carbonyl (C=O) groups excluding carboxylic acids is 1. The van der Waals surface area contributed by atoms with Crippen LogP contribution in [-0.2, 0) is 10.5 Å². The molecule has 1 amide bonds. The van der Waals surface area contributed by atoms with Gasteiger partial charge in [0, 0.05) is 5.75 Å². The summed E-state index contributed by atoms with van der Waals surface area (Å²) in [6, 6.07) is 2.12. The van der Waals surface area contributed by atoms with Gasteiger partial charge in [-0.2, -0.15) is 11.3 Å². The molecule has 0 saturated carbocycles. The standard InChI is InChI=1S/C8H9NOS2/c10-7-3-8(9-7)12-5-6-1-2-11-4-6/h1-2,4,8H,3,5H2,(H,9,10). The van der Waals surface area contributed by atoms with Crippen LogP contribution in [0, 0.1) is 0 Å². The zero-order valence-corrected chi connectivity index (χ0v) is 8.08. The molecule has 1 aromatic rings. The Hall–Kier alpha value is -0.480. The van der Waals surface area contributed by atoms with Gasteiger partial charge in [-0.15, -0.1) is 11.8 Å². The molecule has 0 spiro atoms. The van der Waals surface area contributed by atoms with Crippen LogP contribution in [0.3, 0.4) is 0 Å². The minimum Gasteiger partial charge on any atom is -0.344 e. The molecule has 2 heterocycles. The first-order valence-electron chi connectivity index (χ1n) is 3.76. The molecule has 0 aromatic carbocycles. The number of β-lactam (4-membered cyclic amide) rings is 1. The third-order valence-electron chi connectivity index (χ3n) is 1.72. The molecule has 2 nitrogen and oxygen atoms in total. The van der Waals surface area contributed by atoms with Gasteiger partial charge in [-0.1, -0.05) is 0 Å². The molecule has 1 aliphatic heterocycles. The van der Waals surface area contributed by atoms with Gasteiger partial charge in [0.1, 0.15) is 0 Å². The Labute approximate surface area is 79.4 Å². The van der Waals surface area contributed by atoms with E-state index in [-0.39, 0.29) is 5.91 Å². The van der Waals surface area contributed by atoms with Gasteiger partial charge in [0.05, 0.1) is 11.8 Å². The summed E-state index contributed by atoms with van der Waals surface area (Å²) >= 11 is 3.52. The number of amides is 1. The molecule has 1 aliphatic rings. The van der Waals surface area contributed by atoms with Crippen LogP contribution < -0.4 is 5.32 Å². The molecule has 0 aliphatic carbocycles. The van der Waals surface area contributed by atoms with Crippen molar-refractivity contribution in [2.24, 2.45) is 0 Å². The van der Waals surface area contributed by atoms with Gasteiger partial charge < -0.3 is 5.32 Å². The summed E-state index contributed by atoms with van der Waals surface area (Å²) in [6.45, 7) is 0. The third kappa shape index (κ3) is 1.81. The molecule has 0 radical (unpaired) electrons. The summed E-state index contributed by atoms with van der Waals surface area (Å²) in [5, 5.41) is 7.42. The maximum atomic E-state index is 10.5. The van der Waals surface area contributed by atoms with Gasteiger partial charge in [0.15, 0.2) is 0 Å². The van der Waals surface area contributed by atoms with Crippen molar-refractivity contribution in [3.8, 4) is 0 Å². The van der Waals surface area contributed by atoms with Gasteiger partial charge in [-0.3, -0.25) is 4.79 Å². The summed E-state index contributed by atoms with van der Waals surface area (Å²) in [7, 11) is 0. The van der Waals surface area contributed by atoms with E-state index in [9.17, 15) is 4.79 Å². The SMILES string of the molecule is O=C1CC(SCc2ccsc2)N1. The molecule has 4 heteroatoms. The highest BCUT2D eigenvalue weighted by atomic mass is 32.2. The normalized spacial score (nSPS) is 21.7. The van der Waals surface area contributed by atoms with E-state index in [2.05, 4.69) is 22.1 Å². The van der Waals surface area contributed by atoms with Crippen molar-refractivity contribution >= 4 is 29.0 Å². The second-order valence-electron chi connectivity index (χ2n) is 2.70. The molecule has 2 rings (SSSR count). The quantitative estimate of drug-likeness (QED) is 0.752. The lowest BCUT2D eigenvalue weighted by Gasteiger charge is -2.25. The zero-order chi connectivity index (χ0) is 8.39. The van der Waals surface area contributed by atoms with E-state index in [0.717, 1.165) is 5.75 Å². The Bertz CT molecular complexity index is 263. The minimum absolute atomic E-state index is 0.179. The van der Waals surface area contributed by atoms with Crippen molar-refractivity contribution in [1.29, 1.82) is 0 Å². The number of rotatable bonds is 3. The van der Waals surface area contributed by atoms with E-state index < -0.39 is 0 Å². The van der Waals surface area contributed by atoms with E-state index in [0.29, 0.717) is 11.8 Å². The van der Waals surface area contributed by atoms with Crippen molar-refractivity contribution < 1.29 is 4.79 Å². The minimum atomic E-state index is 0.179. The highest BCUT2D eigenvalue weighted by Gasteiger charge is 2.24. The van der Waals surface area contributed by atoms with Crippen molar-refractivity contribution in [3.63, 3.8) is 0 Å². The number of hydrogen-bond acceptors (Lipinski definition) is 3. The molecular formula is C8H9NOS2. The van der Waals surface area contributed by atoms with Crippen LogP contribution in [0.2, 0.25) is 0 Å². The maximum absolute atomic E-state index is 10.5. The van der Waals surface area contributed by atoms with Gasteiger partial charge in [-0.25, -0.2) is 0 Å². The van der Waals surface area contributed by atoms with Crippen LogP contribution in [0.5, 0.6) is 0 Å². The molecule has 64 valence electrons. The van der Waals surface area contributed by atoms with Crippen LogP contribution >= 0.6 is 23.1 Å². The van der Waals surface area contributed by atoms with E-state index in [1.54, 1.807) is 23.1 Å². The summed E-state index contributed by atoms with van der Waals surface area (Å²) in [4.78, 5) is 10.5. The fourth-order valence-corrected chi connectivity index (χ4v) is 2.83. The Morgan fingerprint density at radius 3 is 3.17 bits per heavy atom. The molecule has 1 atom stereocenters. The fraction of sp³-hybridized carbons (Fsp3) is 0.375. The van der Waals surface area contributed by atoms with Crippen LogP contribution in [0.15, 0.2) is 16.8 Å². The van der Waals surface area contributed by atoms with E-state index in [4.69, 9.17) is 0 Å². The van der Waals surface area contributed by atoms with Crippen LogP contribution in [-0.4, -0.2) is 11.3 Å². The fourth-order valence-electron chi connectivity index (χ4n) is 0.999. The molecule has 12 heavy (non-hydrogen) atoms. The second kappa shape index (κ2) is 3.49. The summed E-state index contributed by atoms with van der Waals surface area (Å²) in [5.41, 5.74) is 1.35. The van der Waals surface area contributed by atoms with Crippen LogP contribution in [0.1, 0.15) is 12.0 Å². The first-order valence-corrected chi connectivity index (χ1v) is 5.76. The maximum Gasteiger partial charge on any atom is 0.223 e.